The molecule has 1 atom stereocenters. The molecule has 1 aliphatic carbocycles. The number of hydrogen-bond acceptors (Lipinski definition) is 3. The minimum atomic E-state index is -0.0338. The van der Waals surface area contributed by atoms with Gasteiger partial charge in [-0.1, -0.05) is 35.9 Å². The van der Waals surface area contributed by atoms with Crippen molar-refractivity contribution in [1.29, 1.82) is 0 Å². The Balaban J connectivity index is 1.28. The number of carbonyl (C=O) groups is 2. The first kappa shape index (κ1) is 20.5. The summed E-state index contributed by atoms with van der Waals surface area (Å²) in [5.41, 5.74) is 2.90. The number of benzene rings is 2. The number of piperidine rings is 1. The van der Waals surface area contributed by atoms with Gasteiger partial charge in [-0.2, -0.15) is 0 Å². The summed E-state index contributed by atoms with van der Waals surface area (Å²) >= 11 is 0. The number of ether oxygens (including phenoxy) is 1. The molecule has 2 amide bonds. The van der Waals surface area contributed by atoms with Gasteiger partial charge in [-0.25, -0.2) is 0 Å². The van der Waals surface area contributed by atoms with Gasteiger partial charge in [-0.05, 0) is 56.4 Å². The van der Waals surface area contributed by atoms with Crippen molar-refractivity contribution in [3.63, 3.8) is 0 Å². The van der Waals surface area contributed by atoms with E-state index in [9.17, 15) is 9.59 Å². The van der Waals surface area contributed by atoms with Crippen LogP contribution in [0.2, 0.25) is 0 Å². The van der Waals surface area contributed by atoms with Gasteiger partial charge >= 0.3 is 0 Å². The van der Waals surface area contributed by atoms with Crippen LogP contribution in [-0.2, 0) is 11.2 Å². The minimum Gasteiger partial charge on any atom is -0.493 e. The zero-order valence-electron chi connectivity index (χ0n) is 17.6. The molecule has 2 aliphatic rings. The largest absolute Gasteiger partial charge is 0.493 e. The number of rotatable bonds is 7. The highest BCUT2D eigenvalue weighted by Gasteiger charge is 2.25. The molecule has 0 spiro atoms. The average molecular weight is 407 g/mol. The molecule has 2 fully saturated rings. The molecule has 5 nitrogen and oxygen atoms in total. The zero-order chi connectivity index (χ0) is 20.9. The van der Waals surface area contributed by atoms with Crippen LogP contribution in [-0.4, -0.2) is 42.5 Å². The van der Waals surface area contributed by atoms with E-state index in [0.29, 0.717) is 36.3 Å². The van der Waals surface area contributed by atoms with Crippen molar-refractivity contribution >= 4 is 11.8 Å². The predicted molar refractivity (Wildman–Crippen MR) is 117 cm³/mol. The lowest BCUT2D eigenvalue weighted by Gasteiger charge is -2.32. The van der Waals surface area contributed by atoms with E-state index in [4.69, 9.17) is 4.74 Å². The maximum absolute atomic E-state index is 12.7. The van der Waals surface area contributed by atoms with Crippen molar-refractivity contribution in [3.05, 3.63) is 65.2 Å². The van der Waals surface area contributed by atoms with Gasteiger partial charge in [0.05, 0.1) is 13.0 Å². The zero-order valence-corrected chi connectivity index (χ0v) is 17.6. The fraction of sp³-hybridized carbons (Fsp3) is 0.440. The van der Waals surface area contributed by atoms with Crippen LogP contribution in [0.4, 0.5) is 0 Å². The summed E-state index contributed by atoms with van der Waals surface area (Å²) in [5.74, 6) is 1.17. The van der Waals surface area contributed by atoms with Crippen LogP contribution in [0, 0.1) is 12.8 Å². The Kier molecular flexibility index (Phi) is 6.36. The number of nitrogens with one attached hydrogen (secondary N) is 1. The number of amides is 2. The van der Waals surface area contributed by atoms with Crippen LogP contribution < -0.4 is 10.1 Å². The van der Waals surface area contributed by atoms with Crippen LogP contribution in [0.1, 0.15) is 47.2 Å². The molecular formula is C25H30N2O3. The Morgan fingerprint density at radius 3 is 2.67 bits per heavy atom. The fourth-order valence-electron chi connectivity index (χ4n) is 3.86. The van der Waals surface area contributed by atoms with E-state index >= 15 is 0 Å². The first-order valence-corrected chi connectivity index (χ1v) is 10.9. The Morgan fingerprint density at radius 1 is 1.10 bits per heavy atom. The highest BCUT2D eigenvalue weighted by molar-refractivity contribution is 5.94. The summed E-state index contributed by atoms with van der Waals surface area (Å²) in [6, 6.07) is 15.9. The van der Waals surface area contributed by atoms with Gasteiger partial charge in [0, 0.05) is 30.6 Å². The highest BCUT2D eigenvalue weighted by Crippen LogP contribution is 2.22. The summed E-state index contributed by atoms with van der Waals surface area (Å²) in [4.78, 5) is 26.9. The number of aryl methyl sites for hydroxylation is 1. The Morgan fingerprint density at radius 2 is 1.90 bits per heavy atom. The third-order valence-corrected chi connectivity index (χ3v) is 5.84. The fourth-order valence-corrected chi connectivity index (χ4v) is 3.86. The van der Waals surface area contributed by atoms with E-state index in [0.717, 1.165) is 44.3 Å². The molecule has 1 N–H and O–H groups in total. The quantitative estimate of drug-likeness (QED) is 0.762. The lowest BCUT2D eigenvalue weighted by molar-refractivity contribution is -0.132. The highest BCUT2D eigenvalue weighted by atomic mass is 16.5. The van der Waals surface area contributed by atoms with Crippen molar-refractivity contribution in [2.24, 2.45) is 5.92 Å². The van der Waals surface area contributed by atoms with E-state index in [-0.39, 0.29) is 11.8 Å². The summed E-state index contributed by atoms with van der Waals surface area (Å²) < 4.78 is 6.00. The number of carbonyl (C=O) groups excluding carboxylic acids is 2. The molecule has 1 aliphatic heterocycles. The van der Waals surface area contributed by atoms with Gasteiger partial charge in [0.15, 0.2) is 0 Å². The molecule has 0 bridgehead atoms. The van der Waals surface area contributed by atoms with E-state index in [1.54, 1.807) is 6.07 Å². The van der Waals surface area contributed by atoms with Crippen molar-refractivity contribution in [2.75, 3.05) is 19.7 Å². The summed E-state index contributed by atoms with van der Waals surface area (Å²) in [5, 5.41) is 3.01. The first-order valence-electron chi connectivity index (χ1n) is 10.9. The van der Waals surface area contributed by atoms with Gasteiger partial charge < -0.3 is 15.0 Å². The topological polar surface area (TPSA) is 58.6 Å². The Labute approximate surface area is 178 Å². The van der Waals surface area contributed by atoms with Crippen molar-refractivity contribution in [1.82, 2.24) is 10.2 Å². The smallest absolute Gasteiger partial charge is 0.251 e. The second-order valence-electron chi connectivity index (χ2n) is 8.60. The standard InChI is InChI=1S/C25H30N2O3/c1-18-7-9-19(10-8-18)14-24(28)27-13-3-4-20(16-27)17-30-23-6-2-5-21(15-23)25(29)26-22-11-12-22/h2,5-10,15,20,22H,3-4,11-14,16-17H2,1H3,(H,26,29)/t20-/m0/s1. The van der Waals surface area contributed by atoms with Crippen LogP contribution in [0.3, 0.4) is 0 Å². The van der Waals surface area contributed by atoms with E-state index < -0.39 is 0 Å². The molecular weight excluding hydrogens is 376 g/mol. The van der Waals surface area contributed by atoms with Crippen LogP contribution >= 0.6 is 0 Å². The molecule has 2 aromatic rings. The molecule has 2 aromatic carbocycles. The predicted octanol–water partition coefficient (Wildman–Crippen LogP) is 3.75. The molecule has 158 valence electrons. The molecule has 5 heteroatoms. The SMILES string of the molecule is Cc1ccc(CC(=O)N2CCC[C@H](COc3cccc(C(=O)NC4CC4)c3)C2)cc1. The molecule has 1 heterocycles. The third kappa shape index (κ3) is 5.62. The van der Waals surface area contributed by atoms with E-state index in [1.165, 1.54) is 5.56 Å². The van der Waals surface area contributed by atoms with Gasteiger partial charge in [0.1, 0.15) is 5.75 Å². The third-order valence-electron chi connectivity index (χ3n) is 5.84. The minimum absolute atomic E-state index is 0.0338. The molecule has 1 saturated carbocycles. The summed E-state index contributed by atoms with van der Waals surface area (Å²) in [6.07, 6.45) is 4.64. The Bertz CT molecular complexity index is 890. The molecule has 0 aromatic heterocycles. The first-order chi connectivity index (χ1) is 14.6. The molecule has 30 heavy (non-hydrogen) atoms. The van der Waals surface area contributed by atoms with Gasteiger partial charge in [0.25, 0.3) is 5.91 Å². The molecule has 1 saturated heterocycles. The van der Waals surface area contributed by atoms with Crippen molar-refractivity contribution in [2.45, 2.75) is 45.1 Å². The number of likely N-dealkylation sites (tertiary alicyclic amines) is 1. The monoisotopic (exact) mass is 406 g/mol. The summed E-state index contributed by atoms with van der Waals surface area (Å²) in [6.45, 7) is 4.16. The normalized spacial score (nSPS) is 18.7. The van der Waals surface area contributed by atoms with Crippen LogP contribution in [0.5, 0.6) is 5.75 Å². The second-order valence-corrected chi connectivity index (χ2v) is 8.60. The van der Waals surface area contributed by atoms with Gasteiger partial charge in [-0.3, -0.25) is 9.59 Å². The lowest BCUT2D eigenvalue weighted by atomic mass is 9.98. The lowest BCUT2D eigenvalue weighted by Crippen LogP contribution is -2.42. The second kappa shape index (κ2) is 9.33. The van der Waals surface area contributed by atoms with Crippen LogP contribution in [0.25, 0.3) is 0 Å². The Hall–Kier alpha value is -2.82. The molecule has 4 rings (SSSR count). The van der Waals surface area contributed by atoms with Crippen LogP contribution in [0.15, 0.2) is 48.5 Å². The molecule has 0 radical (unpaired) electrons. The average Bonchev–Trinajstić information content (AvgIpc) is 3.58. The summed E-state index contributed by atoms with van der Waals surface area (Å²) in [7, 11) is 0. The van der Waals surface area contributed by atoms with Gasteiger partial charge in [0.2, 0.25) is 5.91 Å². The van der Waals surface area contributed by atoms with E-state index in [1.807, 2.05) is 35.2 Å². The number of hydrogen-bond donors (Lipinski definition) is 1. The number of nitrogens with zero attached hydrogens (tertiary/aromatic N) is 1. The van der Waals surface area contributed by atoms with Gasteiger partial charge in [-0.15, -0.1) is 0 Å². The molecule has 0 unspecified atom stereocenters. The van der Waals surface area contributed by atoms with E-state index in [2.05, 4.69) is 24.4 Å². The maximum Gasteiger partial charge on any atom is 0.251 e. The van der Waals surface area contributed by atoms with Crippen molar-refractivity contribution in [3.8, 4) is 5.75 Å². The van der Waals surface area contributed by atoms with Crippen molar-refractivity contribution < 1.29 is 14.3 Å². The maximum atomic E-state index is 12.7.